The van der Waals surface area contributed by atoms with E-state index >= 15 is 0 Å². The molecule has 1 saturated carbocycles. The van der Waals surface area contributed by atoms with E-state index in [1.54, 1.807) is 7.11 Å². The fourth-order valence-electron chi connectivity index (χ4n) is 2.89. The Morgan fingerprint density at radius 2 is 2.05 bits per heavy atom. The first-order valence-corrected chi connectivity index (χ1v) is 8.48. The fourth-order valence-corrected chi connectivity index (χ4v) is 3.96. The van der Waals surface area contributed by atoms with E-state index in [0.29, 0.717) is 24.3 Å². The predicted molar refractivity (Wildman–Crippen MR) is 82.5 cm³/mol. The first kappa shape index (κ1) is 14.6. The molecule has 0 radical (unpaired) electrons. The Hall–Kier alpha value is -1.36. The third-order valence-electron chi connectivity index (χ3n) is 4.32. The molecule has 4 nitrogen and oxygen atoms in total. The minimum atomic E-state index is -0.771. The minimum absolute atomic E-state index is 0.204. The van der Waals surface area contributed by atoms with Crippen LogP contribution in [0.4, 0.5) is 0 Å². The molecular weight excluding hydrogens is 288 g/mol. The van der Waals surface area contributed by atoms with Gasteiger partial charge in [-0.25, -0.2) is 0 Å². The van der Waals surface area contributed by atoms with Crippen LogP contribution in [0.5, 0.6) is 11.5 Å². The highest BCUT2D eigenvalue weighted by Gasteiger charge is 2.53. The predicted octanol–water partition coefficient (Wildman–Crippen LogP) is 3.09. The van der Waals surface area contributed by atoms with Crippen molar-refractivity contribution in [2.24, 2.45) is 0 Å². The van der Waals surface area contributed by atoms with Gasteiger partial charge in [-0.3, -0.25) is 4.79 Å². The molecule has 5 heteroatoms. The second-order valence-corrected chi connectivity index (χ2v) is 6.88. The SMILES string of the molecule is COc1c(OC2CCSCC2)cccc1C1(C(=O)O)CC1. The summed E-state index contributed by atoms with van der Waals surface area (Å²) in [6, 6.07) is 5.60. The van der Waals surface area contributed by atoms with E-state index in [1.165, 1.54) is 0 Å². The quantitative estimate of drug-likeness (QED) is 0.906. The van der Waals surface area contributed by atoms with Crippen LogP contribution < -0.4 is 9.47 Å². The number of carboxylic acids is 1. The highest BCUT2D eigenvalue weighted by Crippen LogP contribution is 2.53. The van der Waals surface area contributed by atoms with Gasteiger partial charge < -0.3 is 14.6 Å². The maximum absolute atomic E-state index is 11.6. The van der Waals surface area contributed by atoms with Crippen molar-refractivity contribution in [3.63, 3.8) is 0 Å². The van der Waals surface area contributed by atoms with Crippen LogP contribution in [0.3, 0.4) is 0 Å². The van der Waals surface area contributed by atoms with E-state index in [4.69, 9.17) is 9.47 Å². The Morgan fingerprint density at radius 1 is 1.33 bits per heavy atom. The second kappa shape index (κ2) is 5.79. The van der Waals surface area contributed by atoms with Crippen LogP contribution in [-0.2, 0) is 10.2 Å². The number of benzene rings is 1. The molecular formula is C16H20O4S. The molecule has 3 rings (SSSR count). The summed E-state index contributed by atoms with van der Waals surface area (Å²) in [5.41, 5.74) is -0.0205. The summed E-state index contributed by atoms with van der Waals surface area (Å²) < 4.78 is 11.6. The fraction of sp³-hybridized carbons (Fsp3) is 0.562. The van der Waals surface area contributed by atoms with E-state index in [2.05, 4.69) is 0 Å². The zero-order chi connectivity index (χ0) is 14.9. The normalized spacial score (nSPS) is 20.8. The van der Waals surface area contributed by atoms with Crippen LogP contribution in [0.25, 0.3) is 0 Å². The van der Waals surface area contributed by atoms with E-state index < -0.39 is 11.4 Å². The van der Waals surface area contributed by atoms with Gasteiger partial charge in [0.2, 0.25) is 0 Å². The van der Waals surface area contributed by atoms with Gasteiger partial charge in [0.1, 0.15) is 6.10 Å². The van der Waals surface area contributed by atoms with Crippen LogP contribution in [0.2, 0.25) is 0 Å². The molecule has 1 N–H and O–H groups in total. The summed E-state index contributed by atoms with van der Waals surface area (Å²) in [6.07, 6.45) is 3.60. The molecule has 1 aliphatic heterocycles. The molecule has 0 bridgehead atoms. The number of hydrogen-bond donors (Lipinski definition) is 1. The first-order chi connectivity index (χ1) is 10.2. The molecule has 0 amide bonds. The summed E-state index contributed by atoms with van der Waals surface area (Å²) in [5, 5.41) is 9.49. The van der Waals surface area contributed by atoms with Crippen LogP contribution in [0, 0.1) is 0 Å². The zero-order valence-electron chi connectivity index (χ0n) is 12.1. The third-order valence-corrected chi connectivity index (χ3v) is 5.37. The molecule has 0 atom stereocenters. The summed E-state index contributed by atoms with van der Waals surface area (Å²) in [4.78, 5) is 11.6. The van der Waals surface area contributed by atoms with Gasteiger partial charge in [0.15, 0.2) is 11.5 Å². The van der Waals surface area contributed by atoms with E-state index in [9.17, 15) is 9.90 Å². The van der Waals surface area contributed by atoms with Gasteiger partial charge in [-0.05, 0) is 43.3 Å². The maximum Gasteiger partial charge on any atom is 0.314 e. The molecule has 0 unspecified atom stereocenters. The summed E-state index contributed by atoms with van der Waals surface area (Å²) in [7, 11) is 1.58. The monoisotopic (exact) mass is 308 g/mol. The summed E-state index contributed by atoms with van der Waals surface area (Å²) in [6.45, 7) is 0. The van der Waals surface area contributed by atoms with Crippen molar-refractivity contribution in [3.8, 4) is 11.5 Å². The highest BCUT2D eigenvalue weighted by atomic mass is 32.2. The number of carbonyl (C=O) groups is 1. The first-order valence-electron chi connectivity index (χ1n) is 7.32. The van der Waals surface area contributed by atoms with Crippen LogP contribution in [0.15, 0.2) is 18.2 Å². The lowest BCUT2D eigenvalue weighted by atomic mass is 9.94. The number of hydrogen-bond acceptors (Lipinski definition) is 4. The maximum atomic E-state index is 11.6. The molecule has 21 heavy (non-hydrogen) atoms. The lowest BCUT2D eigenvalue weighted by Crippen LogP contribution is -2.24. The van der Waals surface area contributed by atoms with Gasteiger partial charge in [0, 0.05) is 5.56 Å². The average molecular weight is 308 g/mol. The summed E-state index contributed by atoms with van der Waals surface area (Å²) in [5.74, 6) is 2.74. The Morgan fingerprint density at radius 3 is 2.62 bits per heavy atom. The molecule has 1 aromatic carbocycles. The molecule has 114 valence electrons. The number of carboxylic acid groups (broad SMARTS) is 1. The molecule has 0 aromatic heterocycles. The number of para-hydroxylation sites is 1. The lowest BCUT2D eigenvalue weighted by molar-refractivity contribution is -0.140. The number of thioether (sulfide) groups is 1. The van der Waals surface area contributed by atoms with Crippen LogP contribution >= 0.6 is 11.8 Å². The molecule has 1 saturated heterocycles. The van der Waals surface area contributed by atoms with Gasteiger partial charge in [-0.15, -0.1) is 0 Å². The van der Waals surface area contributed by atoms with Crippen molar-refractivity contribution < 1.29 is 19.4 Å². The Balaban J connectivity index is 1.89. The Kier molecular flexibility index (Phi) is 4.02. The second-order valence-electron chi connectivity index (χ2n) is 5.65. The van der Waals surface area contributed by atoms with Crippen LogP contribution in [0.1, 0.15) is 31.2 Å². The van der Waals surface area contributed by atoms with E-state index in [-0.39, 0.29) is 6.10 Å². The van der Waals surface area contributed by atoms with Gasteiger partial charge in [0.05, 0.1) is 12.5 Å². The smallest absolute Gasteiger partial charge is 0.314 e. The number of rotatable bonds is 5. The lowest BCUT2D eigenvalue weighted by Gasteiger charge is -2.25. The topological polar surface area (TPSA) is 55.8 Å². The van der Waals surface area contributed by atoms with Gasteiger partial charge >= 0.3 is 5.97 Å². The van der Waals surface area contributed by atoms with Crippen molar-refractivity contribution in [2.45, 2.75) is 37.2 Å². The molecule has 2 fully saturated rings. The van der Waals surface area contributed by atoms with Gasteiger partial charge in [-0.2, -0.15) is 11.8 Å². The highest BCUT2D eigenvalue weighted by molar-refractivity contribution is 7.99. The molecule has 1 aromatic rings. The molecule has 2 aliphatic rings. The van der Waals surface area contributed by atoms with Gasteiger partial charge in [-0.1, -0.05) is 12.1 Å². The standard InChI is InChI=1S/C16H20O4S/c1-19-14-12(16(7-8-16)15(17)18)3-2-4-13(14)20-11-5-9-21-10-6-11/h2-4,11H,5-10H2,1H3,(H,17,18). The molecule has 0 spiro atoms. The zero-order valence-corrected chi connectivity index (χ0v) is 12.9. The average Bonchev–Trinajstić information content (AvgIpc) is 3.30. The van der Waals surface area contributed by atoms with Crippen molar-refractivity contribution >= 4 is 17.7 Å². The molecule has 1 aliphatic carbocycles. The summed E-state index contributed by atoms with van der Waals surface area (Å²) >= 11 is 1.95. The van der Waals surface area contributed by atoms with Gasteiger partial charge in [0.25, 0.3) is 0 Å². The number of aliphatic carboxylic acids is 1. The Labute approximate surface area is 128 Å². The van der Waals surface area contributed by atoms with Crippen molar-refractivity contribution in [1.82, 2.24) is 0 Å². The number of methoxy groups -OCH3 is 1. The van der Waals surface area contributed by atoms with Crippen molar-refractivity contribution in [2.75, 3.05) is 18.6 Å². The number of ether oxygens (including phenoxy) is 2. The van der Waals surface area contributed by atoms with E-state index in [0.717, 1.165) is 29.9 Å². The van der Waals surface area contributed by atoms with Crippen molar-refractivity contribution in [1.29, 1.82) is 0 Å². The van der Waals surface area contributed by atoms with Crippen LogP contribution in [-0.4, -0.2) is 35.8 Å². The third kappa shape index (κ3) is 2.71. The van der Waals surface area contributed by atoms with E-state index in [1.807, 2.05) is 30.0 Å². The molecule has 1 heterocycles. The van der Waals surface area contributed by atoms with Crippen molar-refractivity contribution in [3.05, 3.63) is 23.8 Å². The Bertz CT molecular complexity index is 533. The largest absolute Gasteiger partial charge is 0.493 e. The minimum Gasteiger partial charge on any atom is -0.493 e.